The van der Waals surface area contributed by atoms with Crippen molar-refractivity contribution in [2.45, 2.75) is 26.3 Å². The third kappa shape index (κ3) is 4.37. The van der Waals surface area contributed by atoms with Crippen LogP contribution >= 0.6 is 15.9 Å². The minimum absolute atomic E-state index is 0.00715. The highest BCUT2D eigenvalue weighted by Gasteiger charge is 2.17. The zero-order valence-electron chi connectivity index (χ0n) is 10.3. The molecule has 0 heterocycles. The minimum atomic E-state index is -0.748. The van der Waals surface area contributed by atoms with E-state index in [0.29, 0.717) is 0 Å². The Hall–Kier alpha value is -0.970. The molecular formula is C13H16BrF2NO. The smallest absolute Gasteiger partial charge is 0.251 e. The van der Waals surface area contributed by atoms with Gasteiger partial charge in [-0.05, 0) is 24.5 Å². The molecule has 0 saturated heterocycles. The quantitative estimate of drug-likeness (QED) is 0.827. The number of benzene rings is 1. The van der Waals surface area contributed by atoms with E-state index in [1.165, 1.54) is 0 Å². The molecule has 100 valence electrons. The van der Waals surface area contributed by atoms with E-state index in [4.69, 9.17) is 0 Å². The largest absolute Gasteiger partial charge is 0.349 e. The summed E-state index contributed by atoms with van der Waals surface area (Å²) < 4.78 is 26.0. The topological polar surface area (TPSA) is 29.1 Å². The van der Waals surface area contributed by atoms with Crippen molar-refractivity contribution in [1.82, 2.24) is 5.32 Å². The van der Waals surface area contributed by atoms with Gasteiger partial charge in [-0.2, -0.15) is 0 Å². The van der Waals surface area contributed by atoms with Crippen LogP contribution in [0.2, 0.25) is 0 Å². The first-order valence-corrected chi connectivity index (χ1v) is 6.89. The van der Waals surface area contributed by atoms with Crippen LogP contribution in [0.5, 0.6) is 0 Å². The molecule has 18 heavy (non-hydrogen) atoms. The maximum absolute atomic E-state index is 13.0. The average Bonchev–Trinajstić information content (AvgIpc) is 2.26. The minimum Gasteiger partial charge on any atom is -0.349 e. The van der Waals surface area contributed by atoms with Crippen LogP contribution in [-0.2, 0) is 0 Å². The lowest BCUT2D eigenvalue weighted by molar-refractivity contribution is 0.0924. The normalized spacial score (nSPS) is 12.6. The van der Waals surface area contributed by atoms with E-state index in [9.17, 15) is 13.6 Å². The molecular weight excluding hydrogens is 304 g/mol. The van der Waals surface area contributed by atoms with Gasteiger partial charge in [0.05, 0.1) is 0 Å². The van der Waals surface area contributed by atoms with E-state index in [1.54, 1.807) is 0 Å². The highest BCUT2D eigenvalue weighted by molar-refractivity contribution is 9.09. The van der Waals surface area contributed by atoms with Crippen molar-refractivity contribution in [2.24, 2.45) is 5.92 Å². The van der Waals surface area contributed by atoms with Gasteiger partial charge < -0.3 is 5.32 Å². The van der Waals surface area contributed by atoms with Crippen LogP contribution in [0.25, 0.3) is 0 Å². The fourth-order valence-electron chi connectivity index (χ4n) is 1.63. The van der Waals surface area contributed by atoms with E-state index < -0.39 is 17.5 Å². The van der Waals surface area contributed by atoms with Crippen molar-refractivity contribution >= 4 is 21.8 Å². The van der Waals surface area contributed by atoms with Crippen LogP contribution in [0.1, 0.15) is 30.6 Å². The maximum Gasteiger partial charge on any atom is 0.251 e. The van der Waals surface area contributed by atoms with Crippen molar-refractivity contribution in [3.63, 3.8) is 0 Å². The predicted molar refractivity (Wildman–Crippen MR) is 70.9 cm³/mol. The number of amides is 1. The zero-order chi connectivity index (χ0) is 13.7. The molecule has 1 aromatic carbocycles. The van der Waals surface area contributed by atoms with Crippen molar-refractivity contribution in [3.05, 3.63) is 35.4 Å². The van der Waals surface area contributed by atoms with E-state index >= 15 is 0 Å². The number of carbonyl (C=O) groups excluding carboxylic acids is 1. The molecule has 1 amide bonds. The van der Waals surface area contributed by atoms with Crippen LogP contribution in [0.15, 0.2) is 18.2 Å². The van der Waals surface area contributed by atoms with E-state index in [-0.39, 0.29) is 17.5 Å². The number of alkyl halides is 1. The molecule has 2 nitrogen and oxygen atoms in total. The van der Waals surface area contributed by atoms with E-state index in [2.05, 4.69) is 21.2 Å². The predicted octanol–water partition coefficient (Wildman–Crippen LogP) is 3.50. The van der Waals surface area contributed by atoms with Gasteiger partial charge in [-0.15, -0.1) is 0 Å². The molecule has 0 saturated carbocycles. The Labute approximate surface area is 114 Å². The molecule has 1 atom stereocenters. The van der Waals surface area contributed by atoms with E-state index in [1.807, 2.05) is 13.8 Å². The summed E-state index contributed by atoms with van der Waals surface area (Å²) in [5.41, 5.74) is 0.00715. The molecule has 0 aliphatic rings. The second kappa shape index (κ2) is 6.83. The third-order valence-electron chi connectivity index (χ3n) is 2.67. The van der Waals surface area contributed by atoms with Gasteiger partial charge in [0, 0.05) is 23.0 Å². The first kappa shape index (κ1) is 15.1. The first-order chi connectivity index (χ1) is 8.43. The highest BCUT2D eigenvalue weighted by Crippen LogP contribution is 2.11. The van der Waals surface area contributed by atoms with Crippen molar-refractivity contribution in [2.75, 3.05) is 5.33 Å². The second-order valence-electron chi connectivity index (χ2n) is 4.46. The van der Waals surface area contributed by atoms with Gasteiger partial charge in [-0.1, -0.05) is 29.8 Å². The van der Waals surface area contributed by atoms with Crippen LogP contribution in [0, 0.1) is 17.6 Å². The number of carbonyl (C=O) groups is 1. The fraction of sp³-hybridized carbons (Fsp3) is 0.462. The monoisotopic (exact) mass is 319 g/mol. The summed E-state index contributed by atoms with van der Waals surface area (Å²) >= 11 is 3.32. The van der Waals surface area contributed by atoms with Gasteiger partial charge in [0.1, 0.15) is 11.6 Å². The Balaban J connectivity index is 2.80. The van der Waals surface area contributed by atoms with Gasteiger partial charge >= 0.3 is 0 Å². The number of nitrogens with one attached hydrogen (secondary N) is 1. The van der Waals surface area contributed by atoms with Crippen molar-refractivity contribution < 1.29 is 13.6 Å². The highest BCUT2D eigenvalue weighted by atomic mass is 79.9. The Morgan fingerprint density at radius 2 is 1.83 bits per heavy atom. The van der Waals surface area contributed by atoms with Crippen LogP contribution in [0.3, 0.4) is 0 Å². The molecule has 5 heteroatoms. The summed E-state index contributed by atoms with van der Waals surface area (Å²) in [7, 11) is 0. The number of hydrogen-bond acceptors (Lipinski definition) is 1. The standard InChI is InChI=1S/C13H16BrF2NO/c1-8(2)12(3-4-14)17-13(18)9-5-10(15)7-11(16)6-9/h5-8,12H,3-4H2,1-2H3,(H,17,18). The lowest BCUT2D eigenvalue weighted by atomic mass is 10.0. The lowest BCUT2D eigenvalue weighted by Gasteiger charge is -2.21. The van der Waals surface area contributed by atoms with Gasteiger partial charge in [-0.25, -0.2) is 8.78 Å². The van der Waals surface area contributed by atoms with Crippen molar-refractivity contribution in [1.29, 1.82) is 0 Å². The molecule has 1 aromatic rings. The molecule has 1 unspecified atom stereocenters. The maximum atomic E-state index is 13.0. The molecule has 1 rings (SSSR count). The molecule has 0 aliphatic carbocycles. The molecule has 0 radical (unpaired) electrons. The van der Waals surface area contributed by atoms with Crippen LogP contribution in [-0.4, -0.2) is 17.3 Å². The van der Waals surface area contributed by atoms with E-state index in [0.717, 1.165) is 30.0 Å². The fourth-order valence-corrected chi connectivity index (χ4v) is 2.12. The molecule has 0 aliphatic heterocycles. The number of halogens is 3. The average molecular weight is 320 g/mol. The molecule has 0 fully saturated rings. The summed E-state index contributed by atoms with van der Waals surface area (Å²) in [5.74, 6) is -1.69. The lowest BCUT2D eigenvalue weighted by Crippen LogP contribution is -2.38. The summed E-state index contributed by atoms with van der Waals surface area (Å²) in [4.78, 5) is 11.9. The summed E-state index contributed by atoms with van der Waals surface area (Å²) in [6.45, 7) is 3.97. The van der Waals surface area contributed by atoms with Crippen molar-refractivity contribution in [3.8, 4) is 0 Å². The van der Waals surface area contributed by atoms with Crippen LogP contribution < -0.4 is 5.32 Å². The van der Waals surface area contributed by atoms with Gasteiger partial charge in [0.25, 0.3) is 5.91 Å². The molecule has 0 bridgehead atoms. The summed E-state index contributed by atoms with van der Waals surface area (Å²) in [6.07, 6.45) is 0.765. The SMILES string of the molecule is CC(C)C(CCBr)NC(=O)c1cc(F)cc(F)c1. The Morgan fingerprint density at radius 3 is 2.28 bits per heavy atom. The van der Waals surface area contributed by atoms with Gasteiger partial charge in [-0.3, -0.25) is 4.79 Å². The molecule has 0 spiro atoms. The Morgan fingerprint density at radius 1 is 1.28 bits per heavy atom. The number of rotatable bonds is 5. The van der Waals surface area contributed by atoms with Gasteiger partial charge in [0.15, 0.2) is 0 Å². The summed E-state index contributed by atoms with van der Waals surface area (Å²) in [5, 5.41) is 3.54. The molecule has 1 N–H and O–H groups in total. The Bertz CT molecular complexity index is 403. The van der Waals surface area contributed by atoms with Gasteiger partial charge in [0.2, 0.25) is 0 Å². The first-order valence-electron chi connectivity index (χ1n) is 5.77. The summed E-state index contributed by atoms with van der Waals surface area (Å²) in [6, 6.07) is 2.78. The Kier molecular flexibility index (Phi) is 5.72. The zero-order valence-corrected chi connectivity index (χ0v) is 11.9. The third-order valence-corrected chi connectivity index (χ3v) is 3.12. The molecule has 0 aromatic heterocycles. The number of hydrogen-bond donors (Lipinski definition) is 1. The second-order valence-corrected chi connectivity index (χ2v) is 5.25. The van der Waals surface area contributed by atoms with Crippen LogP contribution in [0.4, 0.5) is 8.78 Å².